The molecule has 0 spiro atoms. The number of nitrogens with zero attached hydrogens (tertiary/aromatic N) is 1. The first-order valence-corrected chi connectivity index (χ1v) is 9.31. The van der Waals surface area contributed by atoms with Gasteiger partial charge in [-0.1, -0.05) is 30.4 Å². The minimum Gasteiger partial charge on any atom is -0.496 e. The minimum atomic E-state index is -0.282. The van der Waals surface area contributed by atoms with Crippen molar-refractivity contribution in [2.24, 2.45) is 0 Å². The summed E-state index contributed by atoms with van der Waals surface area (Å²) in [5, 5.41) is 12.7. The van der Waals surface area contributed by atoms with Crippen LogP contribution < -0.4 is 4.74 Å². The van der Waals surface area contributed by atoms with Crippen LogP contribution in [0.1, 0.15) is 28.3 Å². The molecule has 0 amide bonds. The highest BCUT2D eigenvalue weighted by Gasteiger charge is 2.29. The van der Waals surface area contributed by atoms with E-state index in [0.717, 1.165) is 37.4 Å². The average Bonchev–Trinajstić information content (AvgIpc) is 3.01. The summed E-state index contributed by atoms with van der Waals surface area (Å²) in [5.74, 6) is 1.18. The van der Waals surface area contributed by atoms with Gasteiger partial charge in [0.05, 0.1) is 13.2 Å². The summed E-state index contributed by atoms with van der Waals surface area (Å²) in [6.45, 7) is 4.75. The van der Waals surface area contributed by atoms with Crippen molar-refractivity contribution in [2.75, 3.05) is 26.7 Å². The number of hydrogen-bond donors (Lipinski definition) is 1. The van der Waals surface area contributed by atoms with Gasteiger partial charge in [0.15, 0.2) is 0 Å². The molecule has 2 aromatic rings. The van der Waals surface area contributed by atoms with E-state index in [0.29, 0.717) is 5.92 Å². The number of ether oxygens (including phenoxy) is 1. The maximum Gasteiger partial charge on any atom is 0.126 e. The number of benzene rings is 1. The maximum absolute atomic E-state index is 10.6. The number of hydrogen-bond acceptors (Lipinski definition) is 4. The van der Waals surface area contributed by atoms with Crippen LogP contribution in [0.3, 0.4) is 0 Å². The van der Waals surface area contributed by atoms with Gasteiger partial charge in [-0.05, 0) is 43.0 Å². The topological polar surface area (TPSA) is 32.7 Å². The van der Waals surface area contributed by atoms with E-state index in [2.05, 4.69) is 41.5 Å². The molecule has 0 saturated carbocycles. The molecule has 128 valence electrons. The molecule has 0 radical (unpaired) electrons. The van der Waals surface area contributed by atoms with Gasteiger partial charge in [0.25, 0.3) is 0 Å². The van der Waals surface area contributed by atoms with Crippen LogP contribution in [0.2, 0.25) is 0 Å². The second-order valence-corrected chi connectivity index (χ2v) is 7.28. The molecule has 3 rings (SSSR count). The first-order chi connectivity index (χ1) is 11.7. The van der Waals surface area contributed by atoms with Crippen molar-refractivity contribution in [1.82, 2.24) is 4.90 Å². The normalized spacial score (nSPS) is 22.1. The van der Waals surface area contributed by atoms with Crippen molar-refractivity contribution in [2.45, 2.75) is 25.4 Å². The Morgan fingerprint density at radius 2 is 2.17 bits per heavy atom. The van der Waals surface area contributed by atoms with Crippen LogP contribution in [0.15, 0.2) is 41.8 Å². The lowest BCUT2D eigenvalue weighted by Crippen LogP contribution is -2.42. The lowest BCUT2D eigenvalue weighted by molar-refractivity contribution is 0.0579. The fourth-order valence-corrected chi connectivity index (χ4v) is 4.49. The van der Waals surface area contributed by atoms with E-state index in [1.807, 2.05) is 18.2 Å². The van der Waals surface area contributed by atoms with Crippen LogP contribution in [-0.2, 0) is 0 Å². The van der Waals surface area contributed by atoms with Crippen LogP contribution in [0, 0.1) is 6.92 Å². The zero-order valence-electron chi connectivity index (χ0n) is 14.3. The van der Waals surface area contributed by atoms with Gasteiger partial charge in [0.1, 0.15) is 5.75 Å². The second kappa shape index (κ2) is 7.97. The van der Waals surface area contributed by atoms with Crippen LogP contribution in [0.4, 0.5) is 0 Å². The van der Waals surface area contributed by atoms with Crippen molar-refractivity contribution < 1.29 is 9.84 Å². The molecule has 1 aliphatic rings. The van der Waals surface area contributed by atoms with E-state index in [1.165, 1.54) is 10.4 Å². The molecule has 1 fully saturated rings. The molecule has 2 atom stereocenters. The Balaban J connectivity index is 1.57. The molecule has 1 aromatic carbocycles. The highest BCUT2D eigenvalue weighted by atomic mass is 32.1. The van der Waals surface area contributed by atoms with E-state index in [4.69, 9.17) is 4.74 Å². The average molecular weight is 343 g/mol. The van der Waals surface area contributed by atoms with Crippen molar-refractivity contribution >= 4 is 17.4 Å². The second-order valence-electron chi connectivity index (χ2n) is 6.33. The Bertz CT molecular complexity index is 694. The van der Waals surface area contributed by atoms with Gasteiger partial charge in [0, 0.05) is 29.4 Å². The molecule has 2 heterocycles. The molecule has 0 unspecified atom stereocenters. The summed E-state index contributed by atoms with van der Waals surface area (Å²) in [5.41, 5.74) is 2.40. The predicted octanol–water partition coefficient (Wildman–Crippen LogP) is 3.93. The summed E-state index contributed by atoms with van der Waals surface area (Å²) in [7, 11) is 1.69. The fourth-order valence-electron chi connectivity index (χ4n) is 3.37. The van der Waals surface area contributed by atoms with Gasteiger partial charge >= 0.3 is 0 Å². The van der Waals surface area contributed by atoms with Gasteiger partial charge in [-0.2, -0.15) is 0 Å². The SMILES string of the molecule is COc1ccccc1/C=C/CN1CC[C@@H](c2sccc2C)[C@H](O)C1. The van der Waals surface area contributed by atoms with Crippen LogP contribution in [0.5, 0.6) is 5.75 Å². The Labute approximate surface area is 148 Å². The summed E-state index contributed by atoms with van der Waals surface area (Å²) in [6.07, 6.45) is 4.99. The fraction of sp³-hybridized carbons (Fsp3) is 0.400. The van der Waals surface area contributed by atoms with E-state index >= 15 is 0 Å². The zero-order valence-corrected chi connectivity index (χ0v) is 15.1. The van der Waals surface area contributed by atoms with Crippen LogP contribution >= 0.6 is 11.3 Å². The first kappa shape index (κ1) is 17.2. The van der Waals surface area contributed by atoms with Crippen LogP contribution in [-0.4, -0.2) is 42.9 Å². The summed E-state index contributed by atoms with van der Waals surface area (Å²) < 4.78 is 5.37. The Morgan fingerprint density at radius 3 is 2.88 bits per heavy atom. The first-order valence-electron chi connectivity index (χ1n) is 8.43. The molecule has 1 aliphatic heterocycles. The predicted molar refractivity (Wildman–Crippen MR) is 101 cm³/mol. The Morgan fingerprint density at radius 1 is 1.33 bits per heavy atom. The largest absolute Gasteiger partial charge is 0.496 e. The molecule has 0 bridgehead atoms. The molecule has 1 N–H and O–H groups in total. The smallest absolute Gasteiger partial charge is 0.126 e. The summed E-state index contributed by atoms with van der Waals surface area (Å²) in [4.78, 5) is 3.67. The maximum atomic E-state index is 10.6. The van der Waals surface area contributed by atoms with Gasteiger partial charge in [-0.25, -0.2) is 0 Å². The van der Waals surface area contributed by atoms with Gasteiger partial charge in [-0.3, -0.25) is 4.90 Å². The standard InChI is InChI=1S/C20H25NO2S/c1-15-10-13-24-20(15)17-9-12-21(14-18(17)22)11-5-7-16-6-3-4-8-19(16)23-2/h3-8,10,13,17-18,22H,9,11-12,14H2,1-2H3/b7-5+/t17-,18-/m1/s1. The molecular formula is C20H25NO2S. The minimum absolute atomic E-state index is 0.282. The molecule has 4 heteroatoms. The lowest BCUT2D eigenvalue weighted by atomic mass is 9.90. The van der Waals surface area contributed by atoms with Gasteiger partial charge in [-0.15, -0.1) is 11.3 Å². The Kier molecular flexibility index (Phi) is 5.72. The molecule has 3 nitrogen and oxygen atoms in total. The highest BCUT2D eigenvalue weighted by Crippen LogP contribution is 2.34. The molecule has 1 saturated heterocycles. The van der Waals surface area contributed by atoms with E-state index in [-0.39, 0.29) is 6.10 Å². The monoisotopic (exact) mass is 343 g/mol. The van der Waals surface area contributed by atoms with Gasteiger partial charge < -0.3 is 9.84 Å². The third kappa shape index (κ3) is 3.89. The lowest BCUT2D eigenvalue weighted by Gasteiger charge is -2.35. The number of likely N-dealkylation sites (tertiary alicyclic amines) is 1. The summed E-state index contributed by atoms with van der Waals surface area (Å²) in [6, 6.07) is 10.2. The highest BCUT2D eigenvalue weighted by molar-refractivity contribution is 7.10. The van der Waals surface area contributed by atoms with E-state index in [9.17, 15) is 5.11 Å². The van der Waals surface area contributed by atoms with Crippen molar-refractivity contribution in [3.05, 3.63) is 57.8 Å². The number of aliphatic hydroxyl groups is 1. The number of methoxy groups -OCH3 is 1. The number of thiophene rings is 1. The van der Waals surface area contributed by atoms with E-state index in [1.54, 1.807) is 18.4 Å². The number of aliphatic hydroxyl groups excluding tert-OH is 1. The van der Waals surface area contributed by atoms with Gasteiger partial charge in [0.2, 0.25) is 0 Å². The molecule has 1 aromatic heterocycles. The number of rotatable bonds is 5. The number of β-amino-alcohol motifs (C(OH)–C–C–N with tert-alkyl or cyclic N) is 1. The molecule has 0 aliphatic carbocycles. The van der Waals surface area contributed by atoms with E-state index < -0.39 is 0 Å². The van der Waals surface area contributed by atoms with Crippen LogP contribution in [0.25, 0.3) is 6.08 Å². The number of aryl methyl sites for hydroxylation is 1. The molecule has 24 heavy (non-hydrogen) atoms. The Hall–Kier alpha value is -1.62. The van der Waals surface area contributed by atoms with Crippen molar-refractivity contribution in [3.63, 3.8) is 0 Å². The third-order valence-corrected chi connectivity index (χ3v) is 5.86. The molecular weight excluding hydrogens is 318 g/mol. The number of piperidine rings is 1. The third-order valence-electron chi connectivity index (χ3n) is 4.70. The zero-order chi connectivity index (χ0) is 16.9. The summed E-state index contributed by atoms with van der Waals surface area (Å²) >= 11 is 1.77. The van der Waals surface area contributed by atoms with Crippen molar-refractivity contribution in [3.8, 4) is 5.75 Å². The quantitative estimate of drug-likeness (QED) is 0.893. The number of para-hydroxylation sites is 1. The van der Waals surface area contributed by atoms with Crippen molar-refractivity contribution in [1.29, 1.82) is 0 Å².